The molecule has 1 aliphatic heterocycles. The van der Waals surface area contributed by atoms with Crippen LogP contribution in [0.4, 0.5) is 5.69 Å². The first-order valence-electron chi connectivity index (χ1n) is 8.28. The number of sulfonamides is 1. The van der Waals surface area contributed by atoms with Gasteiger partial charge < -0.3 is 10.1 Å². The van der Waals surface area contributed by atoms with Gasteiger partial charge in [-0.05, 0) is 31.0 Å². The first-order valence-corrected chi connectivity index (χ1v) is 11.5. The molecule has 2 rings (SSSR count). The van der Waals surface area contributed by atoms with Crippen molar-refractivity contribution in [1.29, 1.82) is 0 Å². The van der Waals surface area contributed by atoms with Gasteiger partial charge in [0.15, 0.2) is 9.84 Å². The number of benzene rings is 1. The Morgan fingerprint density at radius 3 is 2.58 bits per heavy atom. The minimum Gasteiger partial charge on any atom is -0.495 e. The predicted octanol–water partition coefficient (Wildman–Crippen LogP) is 1.24. The minimum absolute atomic E-state index is 0.0174. The molecule has 8 nitrogen and oxygen atoms in total. The van der Waals surface area contributed by atoms with Crippen LogP contribution in [-0.4, -0.2) is 58.3 Å². The van der Waals surface area contributed by atoms with E-state index < -0.39 is 25.9 Å². The first-order chi connectivity index (χ1) is 12.1. The van der Waals surface area contributed by atoms with E-state index in [9.17, 15) is 21.6 Å². The largest absolute Gasteiger partial charge is 0.495 e. The van der Waals surface area contributed by atoms with Crippen LogP contribution in [0.15, 0.2) is 23.1 Å². The molecule has 26 heavy (non-hydrogen) atoms. The van der Waals surface area contributed by atoms with Gasteiger partial charge in [0.25, 0.3) is 0 Å². The summed E-state index contributed by atoms with van der Waals surface area (Å²) >= 11 is 0. The molecule has 0 aromatic heterocycles. The van der Waals surface area contributed by atoms with E-state index in [2.05, 4.69) is 5.32 Å². The molecular weight excluding hydrogens is 380 g/mol. The van der Waals surface area contributed by atoms with Gasteiger partial charge in [0.05, 0.1) is 18.6 Å². The van der Waals surface area contributed by atoms with Crippen molar-refractivity contribution in [2.45, 2.75) is 37.6 Å². The van der Waals surface area contributed by atoms with E-state index in [0.29, 0.717) is 12.1 Å². The zero-order valence-electron chi connectivity index (χ0n) is 15.1. The molecule has 0 radical (unpaired) electrons. The van der Waals surface area contributed by atoms with Crippen LogP contribution in [-0.2, 0) is 24.7 Å². The van der Waals surface area contributed by atoms with E-state index in [1.807, 2.05) is 6.92 Å². The Balaban J connectivity index is 2.49. The minimum atomic E-state index is -4.01. The van der Waals surface area contributed by atoms with Crippen molar-refractivity contribution in [2.24, 2.45) is 0 Å². The molecule has 1 saturated heterocycles. The molecule has 0 unspecified atom stereocenters. The maximum atomic E-state index is 13.3. The van der Waals surface area contributed by atoms with Crippen LogP contribution in [0.2, 0.25) is 0 Å². The van der Waals surface area contributed by atoms with Crippen LogP contribution in [0.1, 0.15) is 26.7 Å². The average Bonchev–Trinajstić information content (AvgIpc) is 2.91. The van der Waals surface area contributed by atoms with Crippen LogP contribution < -0.4 is 10.1 Å². The third kappa shape index (κ3) is 4.54. The number of rotatable bonds is 7. The van der Waals surface area contributed by atoms with E-state index in [4.69, 9.17) is 4.74 Å². The first kappa shape index (κ1) is 20.7. The van der Waals surface area contributed by atoms with Gasteiger partial charge in [-0.1, -0.05) is 6.92 Å². The summed E-state index contributed by atoms with van der Waals surface area (Å²) in [7, 11) is -5.88. The summed E-state index contributed by atoms with van der Waals surface area (Å²) in [5.74, 6) is -0.386. The second kappa shape index (κ2) is 7.93. The van der Waals surface area contributed by atoms with Crippen molar-refractivity contribution in [3.8, 4) is 5.75 Å². The lowest BCUT2D eigenvalue weighted by atomic mass is 10.2. The van der Waals surface area contributed by atoms with E-state index in [1.165, 1.54) is 30.5 Å². The molecule has 1 aromatic carbocycles. The summed E-state index contributed by atoms with van der Waals surface area (Å²) < 4.78 is 56.6. The van der Waals surface area contributed by atoms with E-state index >= 15 is 0 Å². The molecule has 1 N–H and O–H groups in total. The van der Waals surface area contributed by atoms with Crippen molar-refractivity contribution in [2.75, 3.05) is 30.5 Å². The summed E-state index contributed by atoms with van der Waals surface area (Å²) in [6, 6.07) is 3.75. The van der Waals surface area contributed by atoms with Gasteiger partial charge in [0.2, 0.25) is 15.9 Å². The van der Waals surface area contributed by atoms with Gasteiger partial charge >= 0.3 is 0 Å². The molecule has 1 heterocycles. The van der Waals surface area contributed by atoms with Crippen LogP contribution in [0.5, 0.6) is 5.75 Å². The number of hydrogen-bond acceptors (Lipinski definition) is 6. The zero-order valence-corrected chi connectivity index (χ0v) is 16.7. The lowest BCUT2D eigenvalue weighted by Crippen LogP contribution is -2.41. The number of carbonyl (C=O) groups is 1. The second-order valence-electron chi connectivity index (χ2n) is 6.22. The number of sulfone groups is 1. The van der Waals surface area contributed by atoms with Crippen LogP contribution >= 0.6 is 0 Å². The Kier molecular flexibility index (Phi) is 6.30. The lowest BCUT2D eigenvalue weighted by molar-refractivity contribution is -0.114. The number of nitrogens with one attached hydrogen (secondary N) is 1. The predicted molar refractivity (Wildman–Crippen MR) is 98.5 cm³/mol. The number of methoxy groups -OCH3 is 1. The number of amides is 1. The highest BCUT2D eigenvalue weighted by Gasteiger charge is 2.39. The molecule has 1 atom stereocenters. The Hall–Kier alpha value is -1.65. The third-order valence-corrected chi connectivity index (χ3v) is 7.85. The Morgan fingerprint density at radius 1 is 1.38 bits per heavy atom. The van der Waals surface area contributed by atoms with Gasteiger partial charge in [-0.3, -0.25) is 4.79 Å². The molecule has 1 aliphatic rings. The number of ether oxygens (including phenoxy) is 1. The SMILES string of the molecule is CCCN([C@H]1CCS(=O)(=O)C1)S(=O)(=O)c1cc(NC(C)=O)ccc1OC. The smallest absolute Gasteiger partial charge is 0.247 e. The maximum absolute atomic E-state index is 13.3. The standard InChI is InChI=1S/C16H24N2O6S2/c1-4-8-18(14-7-9-25(20,21)11-14)26(22,23)16-10-13(17-12(2)19)5-6-15(16)24-3/h5-6,10,14H,4,7-9,11H2,1-3H3,(H,17,19)/t14-/m0/s1. The van der Waals surface area contributed by atoms with Crippen molar-refractivity contribution in [3.05, 3.63) is 18.2 Å². The molecule has 0 aliphatic carbocycles. The van der Waals surface area contributed by atoms with Crippen molar-refractivity contribution < 1.29 is 26.4 Å². The molecule has 1 fully saturated rings. The van der Waals surface area contributed by atoms with Crippen molar-refractivity contribution in [3.63, 3.8) is 0 Å². The summed E-state index contributed by atoms with van der Waals surface area (Å²) in [6.45, 7) is 3.36. The maximum Gasteiger partial charge on any atom is 0.247 e. The van der Waals surface area contributed by atoms with Crippen LogP contribution in [0.3, 0.4) is 0 Å². The van der Waals surface area contributed by atoms with E-state index in [1.54, 1.807) is 6.07 Å². The summed E-state index contributed by atoms with van der Waals surface area (Å²) in [6.07, 6.45) is 0.818. The molecule has 0 spiro atoms. The molecular formula is C16H24N2O6S2. The van der Waals surface area contributed by atoms with E-state index in [-0.39, 0.29) is 41.0 Å². The van der Waals surface area contributed by atoms with Gasteiger partial charge in [0.1, 0.15) is 10.6 Å². The van der Waals surface area contributed by atoms with Crippen molar-refractivity contribution >= 4 is 31.5 Å². The zero-order chi connectivity index (χ0) is 19.5. The topological polar surface area (TPSA) is 110 Å². The highest BCUT2D eigenvalue weighted by molar-refractivity contribution is 7.92. The normalized spacial score (nSPS) is 19.5. The molecule has 1 aromatic rings. The summed E-state index contributed by atoms with van der Waals surface area (Å²) in [5, 5.41) is 2.55. The monoisotopic (exact) mass is 404 g/mol. The van der Waals surface area contributed by atoms with Gasteiger partial charge in [-0.2, -0.15) is 4.31 Å². The fourth-order valence-corrected chi connectivity index (χ4v) is 6.76. The van der Waals surface area contributed by atoms with Crippen LogP contribution in [0, 0.1) is 0 Å². The molecule has 10 heteroatoms. The fourth-order valence-electron chi connectivity index (χ4n) is 3.01. The Bertz CT molecular complexity index is 880. The van der Waals surface area contributed by atoms with Gasteiger partial charge in [-0.25, -0.2) is 16.8 Å². The summed E-state index contributed by atoms with van der Waals surface area (Å²) in [5.41, 5.74) is 0.326. The Morgan fingerprint density at radius 2 is 2.08 bits per heavy atom. The second-order valence-corrected chi connectivity index (χ2v) is 10.3. The quantitative estimate of drug-likeness (QED) is 0.732. The highest BCUT2D eigenvalue weighted by Crippen LogP contribution is 2.32. The van der Waals surface area contributed by atoms with Gasteiger partial charge in [0, 0.05) is 25.2 Å². The average molecular weight is 405 g/mol. The molecule has 0 saturated carbocycles. The van der Waals surface area contributed by atoms with Crippen LogP contribution in [0.25, 0.3) is 0 Å². The number of anilines is 1. The number of nitrogens with zero attached hydrogens (tertiary/aromatic N) is 1. The highest BCUT2D eigenvalue weighted by atomic mass is 32.2. The molecule has 1 amide bonds. The summed E-state index contributed by atoms with van der Waals surface area (Å²) in [4.78, 5) is 11.2. The Labute approximate surface area is 154 Å². The lowest BCUT2D eigenvalue weighted by Gasteiger charge is -2.27. The van der Waals surface area contributed by atoms with Crippen molar-refractivity contribution in [1.82, 2.24) is 4.31 Å². The number of carbonyl (C=O) groups excluding carboxylic acids is 1. The van der Waals surface area contributed by atoms with E-state index in [0.717, 1.165) is 0 Å². The van der Waals surface area contributed by atoms with Gasteiger partial charge in [-0.15, -0.1) is 0 Å². The third-order valence-electron chi connectivity index (χ3n) is 4.13. The molecule has 0 bridgehead atoms. The molecule has 146 valence electrons. The fraction of sp³-hybridized carbons (Fsp3) is 0.562. The number of hydrogen-bond donors (Lipinski definition) is 1.